The number of aryl methyl sites for hydroxylation is 2. The second kappa shape index (κ2) is 34.5. The molecule has 9 heterocycles. The van der Waals surface area contributed by atoms with Gasteiger partial charge in [-0.25, -0.2) is 79.7 Å². The summed E-state index contributed by atoms with van der Waals surface area (Å²) < 4.78 is 127. The topological polar surface area (TPSA) is 385 Å². The Morgan fingerprint density at radius 1 is 0.532 bits per heavy atom. The van der Waals surface area contributed by atoms with Crippen LogP contribution in [0.3, 0.4) is 0 Å². The lowest BCUT2D eigenvalue weighted by Crippen LogP contribution is -2.42. The quantitative estimate of drug-likeness (QED) is 0.0498. The zero-order chi connectivity index (χ0) is 79.7. The van der Waals surface area contributed by atoms with E-state index in [-0.39, 0.29) is 92.1 Å². The first-order valence-electron chi connectivity index (χ1n) is 34.1. The van der Waals surface area contributed by atoms with E-state index in [2.05, 4.69) is 86.1 Å². The summed E-state index contributed by atoms with van der Waals surface area (Å²) in [7, 11) is -8.30. The lowest BCUT2D eigenvalue weighted by molar-refractivity contribution is -0.144. The lowest BCUT2D eigenvalue weighted by atomic mass is 9.98. The van der Waals surface area contributed by atoms with E-state index in [4.69, 9.17) is 41.0 Å². The molecule has 29 nitrogen and oxygen atoms in total. The maximum Gasteiger partial charge on any atom is 0.433 e. The van der Waals surface area contributed by atoms with Crippen molar-refractivity contribution in [1.29, 1.82) is 0 Å². The van der Waals surface area contributed by atoms with E-state index < -0.39 is 81.0 Å². The Balaban J connectivity index is 0.000000272. The smallest absolute Gasteiger partial charge is 0.433 e. The molecule has 12 rings (SSSR count). The Morgan fingerprint density at radius 2 is 0.892 bits per heavy atom. The summed E-state index contributed by atoms with van der Waals surface area (Å²) in [5.74, 6) is 2.78. The highest BCUT2D eigenvalue weighted by molar-refractivity contribution is 7.91. The number of aliphatic hydroxyl groups is 4. The van der Waals surface area contributed by atoms with Gasteiger partial charge in [-0.2, -0.15) is 13.2 Å². The summed E-state index contributed by atoms with van der Waals surface area (Å²) >= 11 is 5.27. The molecule has 3 aromatic carbocycles. The van der Waals surface area contributed by atoms with Crippen LogP contribution in [0.1, 0.15) is 208 Å². The molecule has 5 N–H and O–H groups in total. The Kier molecular flexibility index (Phi) is 29.0. The van der Waals surface area contributed by atoms with E-state index in [1.807, 2.05) is 23.0 Å². The third-order valence-electron chi connectivity index (χ3n) is 18.6. The number of carbonyl (C=O) groups is 2. The molecule has 0 saturated heterocycles. The molecule has 0 radical (unpaired) electrons. The summed E-state index contributed by atoms with van der Waals surface area (Å²) in [6, 6.07) is 9.12. The van der Waals surface area contributed by atoms with Crippen LogP contribution in [0.2, 0.25) is 5.28 Å². The number of aliphatic hydroxyl groups excluding tert-OH is 1. The number of alkyl halides is 3. The number of aromatic nitrogens is 12. The molecule has 3 aliphatic rings. The van der Waals surface area contributed by atoms with E-state index in [0.29, 0.717) is 95.0 Å². The normalized spacial score (nSPS) is 16.0. The number of hydrogen-bond acceptors (Lipinski definition) is 26. The number of carbonyl (C=O) groups excluding carboxylic acids is 2. The monoisotopic (exact) mass is 1630 g/mol. The van der Waals surface area contributed by atoms with E-state index in [0.717, 1.165) is 65.7 Å². The number of halogens is 4. The van der Waals surface area contributed by atoms with Crippen LogP contribution >= 0.6 is 11.6 Å². The van der Waals surface area contributed by atoms with E-state index in [1.54, 1.807) is 52.2 Å². The van der Waals surface area contributed by atoms with E-state index >= 15 is 0 Å². The molecule has 9 aromatic rings. The van der Waals surface area contributed by atoms with Gasteiger partial charge < -0.3 is 58.7 Å². The van der Waals surface area contributed by atoms with E-state index in [9.17, 15) is 68.4 Å². The summed E-state index contributed by atoms with van der Waals surface area (Å²) in [5.41, 5.74) is 1.63. The number of esters is 2. The van der Waals surface area contributed by atoms with Crippen molar-refractivity contribution in [1.82, 2.24) is 63.9 Å². The van der Waals surface area contributed by atoms with Crippen molar-refractivity contribution in [2.45, 2.75) is 209 Å². The molecule has 6 aromatic heterocycles. The fourth-order valence-electron chi connectivity index (χ4n) is 13.7. The lowest BCUT2D eigenvalue weighted by Gasteiger charge is -2.38. The van der Waals surface area contributed by atoms with Crippen LogP contribution in [-0.4, -0.2) is 169 Å². The first-order valence-corrected chi connectivity index (χ1v) is 40.2. The van der Waals surface area contributed by atoms with Gasteiger partial charge in [-0.1, -0.05) is 71.2 Å². The molecule has 3 atom stereocenters. The third kappa shape index (κ3) is 19.6. The van der Waals surface area contributed by atoms with Gasteiger partial charge >= 0.3 is 18.1 Å². The molecule has 1 unspecified atom stereocenters. The van der Waals surface area contributed by atoms with Gasteiger partial charge in [-0.15, -0.1) is 0 Å². The summed E-state index contributed by atoms with van der Waals surface area (Å²) in [6.07, 6.45) is 2.86. The van der Waals surface area contributed by atoms with Gasteiger partial charge in [0.15, 0.2) is 35.2 Å². The van der Waals surface area contributed by atoms with Crippen LogP contribution in [0.5, 0.6) is 0 Å². The highest BCUT2D eigenvalue weighted by atomic mass is 35.5. The van der Waals surface area contributed by atoms with Crippen LogP contribution in [0.4, 0.5) is 25.1 Å². The van der Waals surface area contributed by atoms with Crippen molar-refractivity contribution in [3.63, 3.8) is 0 Å². The average Bonchev–Trinajstić information content (AvgIpc) is 1.61. The fourth-order valence-corrected chi connectivity index (χ4v) is 16.5. The standard InChI is InChI=1S/C24H31N5O5S.C23H31N5O4S.C16H21N3O4S.C8H8ClF3N2O.4CH4/c1-13(2)20-21-27-17-10-15(22(30)34-6)19(35(7,32)33)11-18(17)28(21)8-9-29(20)23-25-12-16(14(3)26-23)24(4,5)31;1-13(2)20-21-26-17-9-15(12-29)19(33(6,31)32)10-18(17)27(21)7-8-28(20)22-24-11-16(14(3)25-22)23(4,5)30;1-9(2)14-15-18-11-7-10(16(20)23-3)13(24(4,21)22)8-12(11)19(15)6-5-17-14;1-7(2,15)4-3-13-6(9)14-5(4)8(10,11)12;;;;/h10-13,20,31H,8-9H2,1-7H3;9-11,13,20,29-30H,7-8,12H2,1-6H3;7-9,14,17H,5-6H2,1-4H3;3,15H,1-2H3;4*1H4/t20-;;14-;;;;;/m1.1...../s1. The van der Waals surface area contributed by atoms with Crippen molar-refractivity contribution in [2.24, 2.45) is 17.8 Å². The Bertz CT molecular complexity index is 5280. The molecule has 0 bridgehead atoms. The number of methoxy groups -OCH3 is 2. The molecule has 0 spiro atoms. The zero-order valence-electron chi connectivity index (χ0n) is 63.0. The Morgan fingerprint density at radius 3 is 1.23 bits per heavy atom. The third-order valence-corrected chi connectivity index (χ3v) is 22.2. The number of benzene rings is 3. The van der Waals surface area contributed by atoms with Gasteiger partial charge in [0.1, 0.15) is 17.5 Å². The molecule has 111 heavy (non-hydrogen) atoms. The second-order valence-corrected chi connectivity index (χ2v) is 35.6. The molecule has 3 aliphatic heterocycles. The fraction of sp³-hybridized carbons (Fsp3) is 0.533. The molecule has 36 heteroatoms. The van der Waals surface area contributed by atoms with Crippen LogP contribution in [0.25, 0.3) is 33.1 Å². The number of imidazole rings is 3. The zero-order valence-corrected chi connectivity index (χ0v) is 66.2. The van der Waals surface area contributed by atoms with E-state index in [1.165, 1.54) is 52.3 Å². The predicted molar refractivity (Wildman–Crippen MR) is 421 cm³/mol. The average molecular weight is 1630 g/mol. The molecular weight excluding hydrogens is 1520 g/mol. The predicted octanol–water partition coefficient (Wildman–Crippen LogP) is 11.7. The minimum Gasteiger partial charge on any atom is -0.465 e. The van der Waals surface area contributed by atoms with Crippen molar-refractivity contribution in [2.75, 3.05) is 62.4 Å². The number of nitrogens with zero attached hydrogens (tertiary/aromatic N) is 14. The summed E-state index contributed by atoms with van der Waals surface area (Å²) in [4.78, 5) is 68.0. The first-order chi connectivity index (χ1) is 49.4. The van der Waals surface area contributed by atoms with Gasteiger partial charge in [-0.3, -0.25) is 0 Å². The van der Waals surface area contributed by atoms with Gasteiger partial charge in [0, 0.05) is 105 Å². The highest BCUT2D eigenvalue weighted by Gasteiger charge is 2.42. The number of fused-ring (bicyclic) bond motifs is 9. The second-order valence-electron chi connectivity index (χ2n) is 29.3. The SMILES string of the molecule is C.C.C.C.CC(C)(O)c1cnc(Cl)nc1C(F)(F)F.COC(=O)c1cc2nc3n(c2cc1S(C)(=O)=O)CCN(c1ncc(C(C)(C)O)c(C)n1)[C@@H]3C(C)C.COC(=O)c1cc2nc3n(c2cc1S(C)(=O)=O)CCN[C@@H]3C(C)C.Cc1nc(N2CCn3c(nc4cc(CO)c(S(C)(=O)=O)cc43)C2C(C)C)ncc1C(C)(C)O. The largest absolute Gasteiger partial charge is 0.465 e. The van der Waals surface area contributed by atoms with Crippen LogP contribution in [-0.2, 0) is 88.2 Å². The van der Waals surface area contributed by atoms with Crippen LogP contribution in [0.15, 0.2) is 69.7 Å². The molecule has 0 amide bonds. The minimum atomic E-state index is -4.66. The maximum absolute atomic E-state index is 12.5. The molecule has 0 fully saturated rings. The van der Waals surface area contributed by atoms with Crippen molar-refractivity contribution >= 4 is 98.0 Å². The number of hydrogen-bond donors (Lipinski definition) is 5. The number of nitrogens with one attached hydrogen (secondary N) is 1. The number of sulfone groups is 3. The molecule has 612 valence electrons. The Labute approximate surface area is 653 Å². The first kappa shape index (κ1) is 93.2. The van der Waals surface area contributed by atoms with Gasteiger partial charge in [0.25, 0.3) is 0 Å². The maximum atomic E-state index is 12.5. The van der Waals surface area contributed by atoms with Gasteiger partial charge in [0.05, 0.1) is 115 Å². The summed E-state index contributed by atoms with van der Waals surface area (Å²) in [6.45, 7) is 29.0. The van der Waals surface area contributed by atoms with Crippen LogP contribution in [0, 0.1) is 31.6 Å². The number of rotatable bonds is 14. The van der Waals surface area contributed by atoms with Crippen molar-refractivity contribution in [3.8, 4) is 0 Å². The summed E-state index contributed by atoms with van der Waals surface area (Å²) in [5, 5.41) is 42.9. The molecular formula is C75H107ClF3N15O14S3. The highest BCUT2D eigenvalue weighted by Crippen LogP contribution is 2.42. The van der Waals surface area contributed by atoms with Crippen LogP contribution < -0.4 is 15.1 Å². The van der Waals surface area contributed by atoms with Crippen molar-refractivity contribution in [3.05, 3.63) is 128 Å². The minimum absolute atomic E-state index is 0. The van der Waals surface area contributed by atoms with Gasteiger partial charge in [-0.05, 0) is 127 Å². The number of ether oxygens (including phenoxy) is 2. The molecule has 0 aliphatic carbocycles. The molecule has 0 saturated carbocycles. The van der Waals surface area contributed by atoms with Crippen molar-refractivity contribution < 1.29 is 77.9 Å². The Hall–Kier alpha value is -8.42. The van der Waals surface area contributed by atoms with Gasteiger partial charge in [0.2, 0.25) is 17.2 Å². The number of anilines is 2.